The van der Waals surface area contributed by atoms with Crippen LogP contribution >= 0.6 is 0 Å². The number of amides is 1. The van der Waals surface area contributed by atoms with Gasteiger partial charge in [0.2, 0.25) is 5.91 Å². The summed E-state index contributed by atoms with van der Waals surface area (Å²) in [4.78, 5) is 38.7. The maximum Gasteiger partial charge on any atom is 0.326 e. The fourth-order valence-corrected chi connectivity index (χ4v) is 3.83. The molecule has 1 fully saturated rings. The Morgan fingerprint density at radius 3 is 2.47 bits per heavy atom. The van der Waals surface area contributed by atoms with Crippen LogP contribution in [-0.2, 0) is 23.9 Å². The van der Waals surface area contributed by atoms with Crippen LogP contribution in [0.2, 0.25) is 0 Å². The van der Waals surface area contributed by atoms with Gasteiger partial charge in [-0.2, -0.15) is 0 Å². The number of carbonyl (C=O) groups is 3. The van der Waals surface area contributed by atoms with Crippen molar-refractivity contribution in [3.8, 4) is 0 Å². The summed E-state index contributed by atoms with van der Waals surface area (Å²) in [5.41, 5.74) is -0.696. The van der Waals surface area contributed by atoms with Crippen LogP contribution in [0.3, 0.4) is 0 Å². The minimum absolute atomic E-state index is 0.0193. The Kier molecular flexibility index (Phi) is 10.5. The van der Waals surface area contributed by atoms with Gasteiger partial charge >= 0.3 is 11.9 Å². The number of rotatable bonds is 12. The Morgan fingerprint density at radius 2 is 1.93 bits per heavy atom. The first-order chi connectivity index (χ1) is 14.0. The zero-order valence-electron chi connectivity index (χ0n) is 18.6. The van der Waals surface area contributed by atoms with E-state index in [4.69, 9.17) is 9.47 Å². The molecule has 1 aliphatic heterocycles. The number of esters is 1. The zero-order chi connectivity index (χ0) is 22.9. The lowest BCUT2D eigenvalue weighted by atomic mass is 9.84. The number of nitrogens with zero attached hydrogens (tertiary/aromatic N) is 1. The first kappa shape index (κ1) is 26.1. The van der Waals surface area contributed by atoms with Gasteiger partial charge in [-0.3, -0.25) is 9.59 Å². The van der Waals surface area contributed by atoms with Crippen LogP contribution in [0.25, 0.3) is 0 Å². The van der Waals surface area contributed by atoms with Crippen molar-refractivity contribution in [3.63, 3.8) is 0 Å². The summed E-state index contributed by atoms with van der Waals surface area (Å²) < 4.78 is 10.7. The number of β-amino-alcohol motifs (C(OH)–C–C–N with tert-alkyl or cyclic N) is 1. The molecule has 1 amide bonds. The number of aliphatic carboxylic acids is 1. The largest absolute Gasteiger partial charge is 0.480 e. The molecule has 0 spiro atoms. The number of aliphatic hydroxyl groups is 1. The van der Waals surface area contributed by atoms with E-state index in [0.29, 0.717) is 6.42 Å². The van der Waals surface area contributed by atoms with Crippen molar-refractivity contribution in [3.05, 3.63) is 12.7 Å². The van der Waals surface area contributed by atoms with E-state index < -0.39 is 41.5 Å². The van der Waals surface area contributed by atoms with Crippen molar-refractivity contribution in [2.75, 3.05) is 20.3 Å². The zero-order valence-corrected chi connectivity index (χ0v) is 18.6. The van der Waals surface area contributed by atoms with Gasteiger partial charge in [0.1, 0.15) is 11.6 Å². The monoisotopic (exact) mass is 427 g/mol. The number of hydrogen-bond acceptors (Lipinski definition) is 6. The molecule has 1 rings (SSSR count). The van der Waals surface area contributed by atoms with Crippen LogP contribution in [0.1, 0.15) is 59.3 Å². The number of methoxy groups -OCH3 is 1. The van der Waals surface area contributed by atoms with Crippen LogP contribution in [0, 0.1) is 11.8 Å². The molecule has 0 aliphatic carbocycles. The van der Waals surface area contributed by atoms with Gasteiger partial charge in [-0.1, -0.05) is 12.5 Å². The van der Waals surface area contributed by atoms with E-state index in [1.807, 2.05) is 6.08 Å². The maximum absolute atomic E-state index is 13.4. The van der Waals surface area contributed by atoms with Crippen molar-refractivity contribution in [2.24, 2.45) is 11.8 Å². The molecule has 0 aromatic rings. The summed E-state index contributed by atoms with van der Waals surface area (Å²) in [5, 5.41) is 19.4. The van der Waals surface area contributed by atoms with Gasteiger partial charge in [0, 0.05) is 26.7 Å². The van der Waals surface area contributed by atoms with Gasteiger partial charge in [-0.15, -0.1) is 6.58 Å². The number of hydrogen-bond donors (Lipinski definition) is 2. The summed E-state index contributed by atoms with van der Waals surface area (Å²) in [5.74, 6) is -3.18. The highest BCUT2D eigenvalue weighted by Gasteiger charge is 2.43. The van der Waals surface area contributed by atoms with Crippen LogP contribution in [0.15, 0.2) is 12.7 Å². The lowest BCUT2D eigenvalue weighted by molar-refractivity contribution is -0.161. The highest BCUT2D eigenvalue weighted by Crippen LogP contribution is 2.30. The Labute approximate surface area is 179 Å². The van der Waals surface area contributed by atoms with Gasteiger partial charge in [-0.05, 0) is 46.0 Å². The summed E-state index contributed by atoms with van der Waals surface area (Å²) in [6.07, 6.45) is 3.97. The van der Waals surface area contributed by atoms with Crippen molar-refractivity contribution in [1.29, 1.82) is 0 Å². The van der Waals surface area contributed by atoms with E-state index in [0.717, 1.165) is 19.3 Å². The van der Waals surface area contributed by atoms with Gasteiger partial charge < -0.3 is 24.6 Å². The van der Waals surface area contributed by atoms with E-state index >= 15 is 0 Å². The Hall–Kier alpha value is -1.93. The Balaban J connectivity index is 3.09. The van der Waals surface area contributed by atoms with E-state index in [1.54, 1.807) is 20.8 Å². The van der Waals surface area contributed by atoms with Crippen molar-refractivity contribution in [2.45, 2.75) is 77.0 Å². The molecule has 1 saturated heterocycles. The number of allylic oxidation sites excluding steroid dienone is 1. The highest BCUT2D eigenvalue weighted by atomic mass is 16.6. The Bertz CT molecular complexity index is 599. The normalized spacial score (nSPS) is 21.2. The smallest absolute Gasteiger partial charge is 0.326 e. The molecule has 8 heteroatoms. The van der Waals surface area contributed by atoms with Crippen LogP contribution in [-0.4, -0.2) is 71.0 Å². The van der Waals surface area contributed by atoms with Crippen LogP contribution < -0.4 is 0 Å². The average molecular weight is 428 g/mol. The number of aliphatic hydroxyl groups excluding tert-OH is 1. The molecule has 4 atom stereocenters. The van der Waals surface area contributed by atoms with Crippen molar-refractivity contribution >= 4 is 17.8 Å². The van der Waals surface area contributed by atoms with Gasteiger partial charge in [0.05, 0.1) is 18.4 Å². The summed E-state index contributed by atoms with van der Waals surface area (Å²) in [6, 6.07) is -1.10. The third-order valence-corrected chi connectivity index (χ3v) is 5.15. The Morgan fingerprint density at radius 1 is 1.27 bits per heavy atom. The van der Waals surface area contributed by atoms with Crippen LogP contribution in [0.4, 0.5) is 0 Å². The number of carboxylic acid groups (broad SMARTS) is 1. The van der Waals surface area contributed by atoms with Crippen LogP contribution in [0.5, 0.6) is 0 Å². The first-order valence-electron chi connectivity index (χ1n) is 10.5. The molecule has 2 N–H and O–H groups in total. The molecule has 0 unspecified atom stereocenters. The number of unbranched alkanes of at least 4 members (excludes halogenated alkanes) is 2. The van der Waals surface area contributed by atoms with Gasteiger partial charge in [0.25, 0.3) is 0 Å². The number of likely N-dealkylation sites (tertiary alicyclic amines) is 1. The average Bonchev–Trinajstić information content (AvgIpc) is 3.02. The minimum atomic E-state index is -1.16. The predicted octanol–water partition coefficient (Wildman–Crippen LogP) is 2.39. The topological polar surface area (TPSA) is 113 Å². The standard InChI is InChI=1S/C22H37NO7/c1-6-7-8-9-10-15(14-29-5)17(12-19(25)30-22(2,3)4)20(26)23-13-16(24)11-18(23)21(27)28/h6,15-18,24H,1,7-14H2,2-5H3,(H,27,28)/t15-,16+,17-,18-/m0/s1. The second-order valence-electron chi connectivity index (χ2n) is 8.92. The molecule has 0 aromatic carbocycles. The molecule has 1 aliphatic rings. The number of carboxylic acids is 1. The molecule has 0 saturated carbocycles. The molecular weight excluding hydrogens is 390 g/mol. The number of carbonyl (C=O) groups excluding carboxylic acids is 2. The second kappa shape index (κ2) is 12.1. The SMILES string of the molecule is C=CCCCC[C@@H](COC)[C@H](CC(=O)OC(C)(C)C)C(=O)N1C[C@H](O)C[C@H]1C(=O)O. The third kappa shape index (κ3) is 8.44. The molecule has 0 bridgehead atoms. The second-order valence-corrected chi connectivity index (χ2v) is 8.92. The molecular formula is C22H37NO7. The molecule has 0 radical (unpaired) electrons. The van der Waals surface area contributed by atoms with Gasteiger partial charge in [-0.25, -0.2) is 4.79 Å². The van der Waals surface area contributed by atoms with Crippen molar-refractivity contribution < 1.29 is 34.1 Å². The molecule has 0 aromatic heterocycles. The van der Waals surface area contributed by atoms with E-state index in [9.17, 15) is 24.6 Å². The molecule has 8 nitrogen and oxygen atoms in total. The molecule has 1 heterocycles. The lowest BCUT2D eigenvalue weighted by Crippen LogP contribution is -2.47. The van der Waals surface area contributed by atoms with E-state index in [-0.39, 0.29) is 31.9 Å². The molecule has 172 valence electrons. The fraction of sp³-hybridized carbons (Fsp3) is 0.773. The lowest BCUT2D eigenvalue weighted by Gasteiger charge is -2.32. The summed E-state index contributed by atoms with van der Waals surface area (Å²) in [7, 11) is 1.53. The maximum atomic E-state index is 13.4. The highest BCUT2D eigenvalue weighted by molar-refractivity contribution is 5.88. The van der Waals surface area contributed by atoms with E-state index in [1.165, 1.54) is 12.0 Å². The van der Waals surface area contributed by atoms with E-state index in [2.05, 4.69) is 6.58 Å². The first-order valence-corrected chi connectivity index (χ1v) is 10.5. The number of ether oxygens (including phenoxy) is 2. The third-order valence-electron chi connectivity index (χ3n) is 5.15. The quantitative estimate of drug-likeness (QED) is 0.279. The predicted molar refractivity (Wildman–Crippen MR) is 112 cm³/mol. The summed E-state index contributed by atoms with van der Waals surface area (Å²) in [6.45, 7) is 9.17. The van der Waals surface area contributed by atoms with Crippen molar-refractivity contribution in [1.82, 2.24) is 4.90 Å². The minimum Gasteiger partial charge on any atom is -0.480 e. The van der Waals surface area contributed by atoms with Gasteiger partial charge in [0.15, 0.2) is 0 Å². The summed E-state index contributed by atoms with van der Waals surface area (Å²) >= 11 is 0. The molecule has 30 heavy (non-hydrogen) atoms. The fourth-order valence-electron chi connectivity index (χ4n) is 3.83.